The van der Waals surface area contributed by atoms with Gasteiger partial charge in [0.25, 0.3) is 0 Å². The predicted octanol–water partition coefficient (Wildman–Crippen LogP) is 2.92. The van der Waals surface area contributed by atoms with Crippen LogP contribution >= 0.6 is 0 Å². The van der Waals surface area contributed by atoms with E-state index in [1.807, 2.05) is 0 Å². The van der Waals surface area contributed by atoms with E-state index in [0.29, 0.717) is 13.2 Å². The number of esters is 1. The molecule has 0 rings (SSSR count). The first-order valence-electron chi connectivity index (χ1n) is 7.22. The third kappa shape index (κ3) is 9.28. The summed E-state index contributed by atoms with van der Waals surface area (Å²) in [6, 6.07) is 0. The second kappa shape index (κ2) is 11.8. The second-order valence-electron chi connectivity index (χ2n) is 4.60. The van der Waals surface area contributed by atoms with Crippen molar-refractivity contribution in [1.82, 2.24) is 4.90 Å². The van der Waals surface area contributed by atoms with E-state index in [1.165, 1.54) is 11.0 Å². The standard InChI is InChI=1S/C15H27NO3/c1-4-7-9-11-16(14(17)6-3)13-15(18)19-12-10-8-5-2/h6H,3-5,7-13H2,1-2H3. The highest BCUT2D eigenvalue weighted by molar-refractivity contribution is 5.89. The number of ether oxygens (including phenoxy) is 1. The normalized spacial score (nSPS) is 10.0. The Kier molecular flexibility index (Phi) is 10.9. The van der Waals surface area contributed by atoms with Crippen molar-refractivity contribution in [2.75, 3.05) is 19.7 Å². The molecule has 0 aliphatic carbocycles. The Morgan fingerprint density at radius 1 is 1.11 bits per heavy atom. The summed E-state index contributed by atoms with van der Waals surface area (Å²) in [6.07, 6.45) is 7.31. The lowest BCUT2D eigenvalue weighted by Crippen LogP contribution is -2.36. The largest absolute Gasteiger partial charge is 0.464 e. The first-order valence-corrected chi connectivity index (χ1v) is 7.22. The van der Waals surface area contributed by atoms with Crippen LogP contribution in [0.5, 0.6) is 0 Å². The molecule has 0 fully saturated rings. The first-order chi connectivity index (χ1) is 9.15. The molecule has 0 aromatic carbocycles. The minimum absolute atomic E-state index is 0.0285. The van der Waals surface area contributed by atoms with Crippen molar-refractivity contribution in [1.29, 1.82) is 0 Å². The van der Waals surface area contributed by atoms with Crippen molar-refractivity contribution in [2.24, 2.45) is 0 Å². The van der Waals surface area contributed by atoms with Crippen LogP contribution in [0.4, 0.5) is 0 Å². The second-order valence-corrected chi connectivity index (χ2v) is 4.60. The van der Waals surface area contributed by atoms with E-state index in [9.17, 15) is 9.59 Å². The monoisotopic (exact) mass is 269 g/mol. The Hall–Kier alpha value is -1.32. The zero-order chi connectivity index (χ0) is 14.5. The SMILES string of the molecule is C=CC(=O)N(CCCCC)CC(=O)OCCCCC. The summed E-state index contributed by atoms with van der Waals surface area (Å²) in [7, 11) is 0. The fourth-order valence-corrected chi connectivity index (χ4v) is 1.69. The molecule has 0 heterocycles. The summed E-state index contributed by atoms with van der Waals surface area (Å²) in [4.78, 5) is 24.7. The van der Waals surface area contributed by atoms with Crippen LogP contribution in [0.3, 0.4) is 0 Å². The molecule has 0 saturated heterocycles. The molecule has 0 saturated carbocycles. The fraction of sp³-hybridized carbons (Fsp3) is 0.733. The summed E-state index contributed by atoms with van der Waals surface area (Å²) in [5, 5.41) is 0. The van der Waals surface area contributed by atoms with Gasteiger partial charge < -0.3 is 9.64 Å². The first kappa shape index (κ1) is 17.7. The van der Waals surface area contributed by atoms with Gasteiger partial charge in [0.2, 0.25) is 5.91 Å². The molecule has 110 valence electrons. The number of hydrogen-bond acceptors (Lipinski definition) is 3. The molecule has 0 N–H and O–H groups in total. The topological polar surface area (TPSA) is 46.6 Å². The van der Waals surface area contributed by atoms with Gasteiger partial charge in [-0.25, -0.2) is 0 Å². The molecule has 4 heteroatoms. The van der Waals surface area contributed by atoms with Crippen molar-refractivity contribution < 1.29 is 14.3 Å². The minimum Gasteiger partial charge on any atom is -0.464 e. The Bertz CT molecular complexity index is 277. The fourth-order valence-electron chi connectivity index (χ4n) is 1.69. The smallest absolute Gasteiger partial charge is 0.325 e. The number of hydrogen-bond donors (Lipinski definition) is 0. The Labute approximate surface area is 116 Å². The molecule has 0 unspecified atom stereocenters. The zero-order valence-corrected chi connectivity index (χ0v) is 12.3. The third-order valence-electron chi connectivity index (χ3n) is 2.85. The Balaban J connectivity index is 4.04. The summed E-state index contributed by atoms with van der Waals surface area (Å²) in [5.74, 6) is -0.538. The molecule has 0 radical (unpaired) electrons. The van der Waals surface area contributed by atoms with Crippen LogP contribution in [0, 0.1) is 0 Å². The predicted molar refractivity (Wildman–Crippen MR) is 76.8 cm³/mol. The van der Waals surface area contributed by atoms with E-state index >= 15 is 0 Å². The van der Waals surface area contributed by atoms with Crippen LogP contribution in [-0.4, -0.2) is 36.5 Å². The maximum Gasteiger partial charge on any atom is 0.325 e. The van der Waals surface area contributed by atoms with E-state index in [0.717, 1.165) is 38.5 Å². The van der Waals surface area contributed by atoms with Gasteiger partial charge in [-0.05, 0) is 18.9 Å². The van der Waals surface area contributed by atoms with E-state index in [4.69, 9.17) is 4.74 Å². The molecular formula is C15H27NO3. The van der Waals surface area contributed by atoms with Crippen LogP contribution in [-0.2, 0) is 14.3 Å². The molecule has 0 aliphatic rings. The van der Waals surface area contributed by atoms with Crippen molar-refractivity contribution in [3.63, 3.8) is 0 Å². The van der Waals surface area contributed by atoms with Crippen molar-refractivity contribution in [2.45, 2.75) is 52.4 Å². The van der Waals surface area contributed by atoms with Crippen molar-refractivity contribution >= 4 is 11.9 Å². The van der Waals surface area contributed by atoms with Gasteiger partial charge in [0, 0.05) is 6.54 Å². The van der Waals surface area contributed by atoms with Gasteiger partial charge in [-0.2, -0.15) is 0 Å². The minimum atomic E-state index is -0.331. The molecule has 1 amide bonds. The van der Waals surface area contributed by atoms with Crippen LogP contribution in [0.15, 0.2) is 12.7 Å². The summed E-state index contributed by atoms with van der Waals surface area (Å²) in [5.41, 5.74) is 0. The molecule has 0 bridgehead atoms. The summed E-state index contributed by atoms with van der Waals surface area (Å²) < 4.78 is 5.11. The van der Waals surface area contributed by atoms with E-state index in [-0.39, 0.29) is 18.4 Å². The molecular weight excluding hydrogens is 242 g/mol. The molecule has 0 spiro atoms. The van der Waals surface area contributed by atoms with Crippen LogP contribution in [0.25, 0.3) is 0 Å². The van der Waals surface area contributed by atoms with Gasteiger partial charge >= 0.3 is 5.97 Å². The van der Waals surface area contributed by atoms with Crippen LogP contribution < -0.4 is 0 Å². The summed E-state index contributed by atoms with van der Waals surface area (Å²) in [6.45, 7) is 8.71. The highest BCUT2D eigenvalue weighted by atomic mass is 16.5. The lowest BCUT2D eigenvalue weighted by atomic mass is 10.2. The van der Waals surface area contributed by atoms with Crippen LogP contribution in [0.1, 0.15) is 52.4 Å². The quantitative estimate of drug-likeness (QED) is 0.329. The lowest BCUT2D eigenvalue weighted by molar-refractivity contribution is -0.148. The molecule has 0 aliphatic heterocycles. The molecule has 0 aromatic rings. The number of nitrogens with zero attached hydrogens (tertiary/aromatic N) is 1. The maximum atomic E-state index is 11.6. The van der Waals surface area contributed by atoms with Crippen LogP contribution in [0.2, 0.25) is 0 Å². The van der Waals surface area contributed by atoms with Gasteiger partial charge in [-0.1, -0.05) is 46.1 Å². The number of unbranched alkanes of at least 4 members (excludes halogenated alkanes) is 4. The average Bonchev–Trinajstić information content (AvgIpc) is 2.42. The number of carbonyl (C=O) groups is 2. The van der Waals surface area contributed by atoms with Gasteiger partial charge in [-0.15, -0.1) is 0 Å². The number of carbonyl (C=O) groups excluding carboxylic acids is 2. The number of rotatable bonds is 11. The highest BCUT2D eigenvalue weighted by Crippen LogP contribution is 2.01. The highest BCUT2D eigenvalue weighted by Gasteiger charge is 2.15. The Morgan fingerprint density at radius 2 is 1.74 bits per heavy atom. The van der Waals surface area contributed by atoms with E-state index in [1.54, 1.807) is 0 Å². The summed E-state index contributed by atoms with van der Waals surface area (Å²) >= 11 is 0. The molecule has 19 heavy (non-hydrogen) atoms. The van der Waals surface area contributed by atoms with E-state index in [2.05, 4.69) is 20.4 Å². The maximum absolute atomic E-state index is 11.6. The lowest BCUT2D eigenvalue weighted by Gasteiger charge is -2.20. The number of amides is 1. The van der Waals surface area contributed by atoms with Gasteiger partial charge in [0.05, 0.1) is 6.61 Å². The van der Waals surface area contributed by atoms with Gasteiger partial charge in [0.15, 0.2) is 0 Å². The van der Waals surface area contributed by atoms with Crippen molar-refractivity contribution in [3.05, 3.63) is 12.7 Å². The van der Waals surface area contributed by atoms with Gasteiger partial charge in [0.1, 0.15) is 6.54 Å². The zero-order valence-electron chi connectivity index (χ0n) is 12.3. The third-order valence-corrected chi connectivity index (χ3v) is 2.85. The van der Waals surface area contributed by atoms with Gasteiger partial charge in [-0.3, -0.25) is 9.59 Å². The average molecular weight is 269 g/mol. The Morgan fingerprint density at radius 3 is 2.32 bits per heavy atom. The molecule has 4 nitrogen and oxygen atoms in total. The molecule has 0 aromatic heterocycles. The van der Waals surface area contributed by atoms with Crippen molar-refractivity contribution in [3.8, 4) is 0 Å². The molecule has 0 atom stereocenters. The van der Waals surface area contributed by atoms with E-state index < -0.39 is 0 Å².